The van der Waals surface area contributed by atoms with Crippen molar-refractivity contribution in [2.24, 2.45) is 0 Å². The van der Waals surface area contributed by atoms with Crippen molar-refractivity contribution in [3.63, 3.8) is 0 Å². The second-order valence-electron chi connectivity index (χ2n) is 4.39. The van der Waals surface area contributed by atoms with E-state index in [2.05, 4.69) is 31.0 Å². The molecule has 0 N–H and O–H groups in total. The van der Waals surface area contributed by atoms with Crippen LogP contribution in [0.5, 0.6) is 0 Å². The van der Waals surface area contributed by atoms with E-state index in [1.165, 1.54) is 32.1 Å². The number of nitriles is 1. The van der Waals surface area contributed by atoms with Crippen LogP contribution in [0.2, 0.25) is 0 Å². The van der Waals surface area contributed by atoms with Gasteiger partial charge >= 0.3 is 0 Å². The number of nitrogens with zero attached hydrogens (tertiary/aromatic N) is 2. The highest BCUT2D eigenvalue weighted by Crippen LogP contribution is 2.26. The molecule has 0 atom stereocenters. The molecule has 2 nitrogen and oxygen atoms in total. The molecule has 0 saturated heterocycles. The van der Waals surface area contributed by atoms with Gasteiger partial charge in [-0.1, -0.05) is 18.6 Å². The fourth-order valence-electron chi connectivity index (χ4n) is 2.32. The molecule has 15 heavy (non-hydrogen) atoms. The maximum Gasteiger partial charge on any atom is 0.0635 e. The van der Waals surface area contributed by atoms with E-state index in [1.807, 2.05) is 0 Å². The van der Waals surface area contributed by atoms with Gasteiger partial charge in [-0.25, -0.2) is 0 Å². The van der Waals surface area contributed by atoms with E-state index < -0.39 is 0 Å². The van der Waals surface area contributed by atoms with E-state index in [-0.39, 0.29) is 0 Å². The van der Waals surface area contributed by atoms with Crippen LogP contribution in [0.15, 0.2) is 11.6 Å². The maximum absolute atomic E-state index is 8.54. The van der Waals surface area contributed by atoms with E-state index in [0.717, 1.165) is 6.54 Å². The Bertz CT molecular complexity index is 240. The molecule has 0 unspecified atom stereocenters. The van der Waals surface area contributed by atoms with Gasteiger partial charge in [0.05, 0.1) is 6.07 Å². The molecule has 84 valence electrons. The summed E-state index contributed by atoms with van der Waals surface area (Å²) in [4.78, 5) is 2.35. The Labute approximate surface area is 93.6 Å². The van der Waals surface area contributed by atoms with Gasteiger partial charge < -0.3 is 4.90 Å². The molecule has 1 rings (SSSR count). The van der Waals surface area contributed by atoms with Crippen molar-refractivity contribution in [1.29, 1.82) is 5.26 Å². The Morgan fingerprint density at radius 3 is 2.67 bits per heavy atom. The van der Waals surface area contributed by atoms with Crippen molar-refractivity contribution >= 4 is 0 Å². The summed E-state index contributed by atoms with van der Waals surface area (Å²) < 4.78 is 0. The zero-order valence-corrected chi connectivity index (χ0v) is 10.00. The predicted octanol–water partition coefficient (Wildman–Crippen LogP) is 3.11. The standard InChI is InChI=1S/C13H22N2/c1-3-5-12-6-8-13(9-7-12)15(2)11-4-10-14/h5,13H,3-4,6-9,11H2,1-2H3. The third-order valence-electron chi connectivity index (χ3n) is 3.29. The van der Waals surface area contributed by atoms with Crippen molar-refractivity contribution in [2.45, 2.75) is 51.5 Å². The lowest BCUT2D eigenvalue weighted by Gasteiger charge is -2.31. The summed E-state index contributed by atoms with van der Waals surface area (Å²) in [5, 5.41) is 8.54. The Kier molecular flexibility index (Phi) is 5.42. The zero-order valence-electron chi connectivity index (χ0n) is 10.00. The Morgan fingerprint density at radius 1 is 1.47 bits per heavy atom. The summed E-state index contributed by atoms with van der Waals surface area (Å²) in [6.45, 7) is 3.13. The Balaban J connectivity index is 2.30. The summed E-state index contributed by atoms with van der Waals surface area (Å²) in [6.07, 6.45) is 9.27. The molecule has 0 spiro atoms. The molecule has 0 aliphatic heterocycles. The summed E-state index contributed by atoms with van der Waals surface area (Å²) in [7, 11) is 2.15. The third kappa shape index (κ3) is 4.05. The van der Waals surface area contributed by atoms with Gasteiger partial charge in [-0.3, -0.25) is 0 Å². The molecular formula is C13H22N2. The molecule has 1 saturated carbocycles. The van der Waals surface area contributed by atoms with Gasteiger partial charge in [0.15, 0.2) is 0 Å². The van der Waals surface area contributed by atoms with Gasteiger partial charge in [0, 0.05) is 19.0 Å². The minimum absolute atomic E-state index is 0.657. The van der Waals surface area contributed by atoms with Crippen LogP contribution < -0.4 is 0 Å². The molecule has 0 heterocycles. The van der Waals surface area contributed by atoms with Crippen LogP contribution in [0.25, 0.3) is 0 Å². The number of hydrogen-bond acceptors (Lipinski definition) is 2. The quantitative estimate of drug-likeness (QED) is 0.661. The molecule has 1 fully saturated rings. The summed E-state index contributed by atoms with van der Waals surface area (Å²) >= 11 is 0. The molecular weight excluding hydrogens is 184 g/mol. The summed E-state index contributed by atoms with van der Waals surface area (Å²) in [5.74, 6) is 0. The van der Waals surface area contributed by atoms with E-state index in [4.69, 9.17) is 5.26 Å². The molecule has 0 aromatic rings. The third-order valence-corrected chi connectivity index (χ3v) is 3.29. The summed E-state index contributed by atoms with van der Waals surface area (Å²) in [6, 6.07) is 2.91. The SMILES string of the molecule is CCC=C1CCC(N(C)CCC#N)CC1. The zero-order chi connectivity index (χ0) is 11.1. The minimum atomic E-state index is 0.657. The Hall–Kier alpha value is -0.810. The smallest absolute Gasteiger partial charge is 0.0635 e. The van der Waals surface area contributed by atoms with E-state index in [9.17, 15) is 0 Å². The summed E-state index contributed by atoms with van der Waals surface area (Å²) in [5.41, 5.74) is 1.64. The number of hydrogen-bond donors (Lipinski definition) is 0. The van der Waals surface area contributed by atoms with Crippen molar-refractivity contribution in [2.75, 3.05) is 13.6 Å². The molecule has 0 radical (unpaired) electrons. The first-order chi connectivity index (χ1) is 7.27. The minimum Gasteiger partial charge on any atom is -0.302 e. The molecule has 1 aliphatic rings. The number of allylic oxidation sites excluding steroid dienone is 2. The average molecular weight is 206 g/mol. The van der Waals surface area contributed by atoms with Crippen LogP contribution in [0, 0.1) is 11.3 Å². The predicted molar refractivity (Wildman–Crippen MR) is 63.5 cm³/mol. The Morgan fingerprint density at radius 2 is 2.13 bits per heavy atom. The van der Waals surface area contributed by atoms with Gasteiger partial charge in [0.2, 0.25) is 0 Å². The lowest BCUT2D eigenvalue weighted by Crippen LogP contribution is -2.34. The van der Waals surface area contributed by atoms with E-state index in [0.29, 0.717) is 12.5 Å². The highest BCUT2D eigenvalue weighted by Gasteiger charge is 2.19. The highest BCUT2D eigenvalue weighted by atomic mass is 15.1. The second kappa shape index (κ2) is 6.63. The van der Waals surface area contributed by atoms with Crippen molar-refractivity contribution in [1.82, 2.24) is 4.90 Å². The average Bonchev–Trinajstić information content (AvgIpc) is 2.27. The normalized spacial score (nSPS) is 21.5. The fourth-order valence-corrected chi connectivity index (χ4v) is 2.32. The second-order valence-corrected chi connectivity index (χ2v) is 4.39. The molecule has 2 heteroatoms. The van der Waals surface area contributed by atoms with Crippen LogP contribution >= 0.6 is 0 Å². The van der Waals surface area contributed by atoms with Gasteiger partial charge in [-0.2, -0.15) is 5.26 Å². The van der Waals surface area contributed by atoms with Crippen LogP contribution in [0.4, 0.5) is 0 Å². The fraction of sp³-hybridized carbons (Fsp3) is 0.769. The van der Waals surface area contributed by atoms with Crippen LogP contribution in [-0.2, 0) is 0 Å². The van der Waals surface area contributed by atoms with Gasteiger partial charge in [-0.05, 0) is 39.2 Å². The van der Waals surface area contributed by atoms with Crippen LogP contribution in [0.1, 0.15) is 45.4 Å². The van der Waals surface area contributed by atoms with E-state index in [1.54, 1.807) is 5.57 Å². The topological polar surface area (TPSA) is 27.0 Å². The first kappa shape index (κ1) is 12.3. The van der Waals surface area contributed by atoms with Gasteiger partial charge in [-0.15, -0.1) is 0 Å². The molecule has 0 bridgehead atoms. The van der Waals surface area contributed by atoms with Crippen LogP contribution in [-0.4, -0.2) is 24.5 Å². The van der Waals surface area contributed by atoms with Gasteiger partial charge in [0.25, 0.3) is 0 Å². The van der Waals surface area contributed by atoms with Crippen molar-refractivity contribution < 1.29 is 0 Å². The van der Waals surface area contributed by atoms with Crippen molar-refractivity contribution in [3.05, 3.63) is 11.6 Å². The monoisotopic (exact) mass is 206 g/mol. The highest BCUT2D eigenvalue weighted by molar-refractivity contribution is 5.06. The number of rotatable bonds is 4. The van der Waals surface area contributed by atoms with Gasteiger partial charge in [0.1, 0.15) is 0 Å². The molecule has 1 aliphatic carbocycles. The lowest BCUT2D eigenvalue weighted by atomic mass is 9.89. The first-order valence-electron chi connectivity index (χ1n) is 6.03. The largest absolute Gasteiger partial charge is 0.302 e. The van der Waals surface area contributed by atoms with E-state index >= 15 is 0 Å². The van der Waals surface area contributed by atoms with Crippen molar-refractivity contribution in [3.8, 4) is 6.07 Å². The molecule has 0 amide bonds. The lowest BCUT2D eigenvalue weighted by molar-refractivity contribution is 0.210. The van der Waals surface area contributed by atoms with Crippen LogP contribution in [0.3, 0.4) is 0 Å². The first-order valence-corrected chi connectivity index (χ1v) is 6.03. The molecule has 0 aromatic carbocycles. The maximum atomic E-state index is 8.54. The molecule has 0 aromatic heterocycles.